The minimum Gasteiger partial charge on any atom is -0.283 e. The number of carbonyl (C=O) groups excluding carboxylic acids is 2. The van der Waals surface area contributed by atoms with Crippen LogP contribution in [0.3, 0.4) is 0 Å². The molecule has 0 spiro atoms. The number of fused-ring (bicyclic) bond motifs is 1. The van der Waals surface area contributed by atoms with Crippen molar-refractivity contribution in [2.75, 3.05) is 12.1 Å². The molecule has 23 heavy (non-hydrogen) atoms. The Morgan fingerprint density at radius 1 is 0.870 bits per heavy atom. The van der Waals surface area contributed by atoms with Gasteiger partial charge in [0, 0.05) is 7.05 Å². The molecule has 0 bridgehead atoms. The minimum atomic E-state index is -0.752. The Kier molecular flexibility index (Phi) is 3.16. The zero-order valence-corrected chi connectivity index (χ0v) is 12.6. The van der Waals surface area contributed by atoms with E-state index in [0.717, 1.165) is 11.3 Å². The summed E-state index contributed by atoms with van der Waals surface area (Å²) < 4.78 is 0. The minimum absolute atomic E-state index is 0.188. The van der Waals surface area contributed by atoms with E-state index in [4.69, 9.17) is 4.84 Å². The third-order valence-electron chi connectivity index (χ3n) is 4.49. The van der Waals surface area contributed by atoms with Crippen LogP contribution in [0.5, 0.6) is 0 Å². The largest absolute Gasteiger partial charge is 0.283 e. The first-order valence-corrected chi connectivity index (χ1v) is 7.56. The van der Waals surface area contributed by atoms with Crippen molar-refractivity contribution in [1.29, 1.82) is 0 Å². The highest BCUT2D eigenvalue weighted by molar-refractivity contribution is 6.07. The van der Waals surface area contributed by atoms with E-state index in [9.17, 15) is 9.59 Å². The van der Waals surface area contributed by atoms with Gasteiger partial charge in [0.25, 0.3) is 5.91 Å². The number of amides is 2. The van der Waals surface area contributed by atoms with Crippen LogP contribution in [0.1, 0.15) is 11.6 Å². The highest BCUT2D eigenvalue weighted by atomic mass is 16.7. The number of nitrogens with zero attached hydrogens (tertiary/aromatic N) is 2. The molecule has 2 fully saturated rings. The van der Waals surface area contributed by atoms with Gasteiger partial charge in [-0.3, -0.25) is 19.3 Å². The van der Waals surface area contributed by atoms with E-state index in [-0.39, 0.29) is 17.9 Å². The molecule has 2 aromatic rings. The monoisotopic (exact) mass is 308 g/mol. The van der Waals surface area contributed by atoms with Gasteiger partial charge in [0.05, 0.1) is 11.7 Å². The summed E-state index contributed by atoms with van der Waals surface area (Å²) in [5.74, 6) is -0.984. The van der Waals surface area contributed by atoms with Crippen molar-refractivity contribution >= 4 is 17.5 Å². The summed E-state index contributed by atoms with van der Waals surface area (Å²) in [5.41, 5.74) is 1.79. The third-order valence-corrected chi connectivity index (χ3v) is 4.49. The zero-order valence-electron chi connectivity index (χ0n) is 12.6. The molecule has 2 saturated heterocycles. The van der Waals surface area contributed by atoms with E-state index in [1.165, 1.54) is 11.9 Å². The molecule has 0 aromatic heterocycles. The maximum Gasteiger partial charge on any atom is 0.261 e. The maximum absolute atomic E-state index is 12.6. The summed E-state index contributed by atoms with van der Waals surface area (Å²) in [7, 11) is 1.52. The van der Waals surface area contributed by atoms with Crippen LogP contribution in [-0.2, 0) is 14.4 Å². The number of hydrogen-bond donors (Lipinski definition) is 0. The molecule has 2 aliphatic rings. The zero-order chi connectivity index (χ0) is 16.0. The van der Waals surface area contributed by atoms with E-state index in [1.54, 1.807) is 5.06 Å². The first kappa shape index (κ1) is 14.0. The molecule has 5 heteroatoms. The lowest BCUT2D eigenvalue weighted by molar-refractivity contribution is -0.141. The van der Waals surface area contributed by atoms with Gasteiger partial charge in [-0.15, -0.1) is 0 Å². The first-order chi connectivity index (χ1) is 11.2. The van der Waals surface area contributed by atoms with Crippen LogP contribution >= 0.6 is 0 Å². The van der Waals surface area contributed by atoms with E-state index in [1.807, 2.05) is 60.7 Å². The second-order valence-electron chi connectivity index (χ2n) is 5.80. The molecule has 5 nitrogen and oxygen atoms in total. The molecule has 2 aliphatic heterocycles. The van der Waals surface area contributed by atoms with Crippen molar-refractivity contribution in [3.63, 3.8) is 0 Å². The van der Waals surface area contributed by atoms with E-state index in [2.05, 4.69) is 0 Å². The van der Waals surface area contributed by atoms with Gasteiger partial charge in [-0.2, -0.15) is 0 Å². The summed E-state index contributed by atoms with van der Waals surface area (Å²) in [6, 6.07) is 18.9. The molecule has 3 unspecified atom stereocenters. The summed E-state index contributed by atoms with van der Waals surface area (Å²) in [4.78, 5) is 31.9. The predicted octanol–water partition coefficient (Wildman–Crippen LogP) is 2.16. The molecular weight excluding hydrogens is 292 g/mol. The van der Waals surface area contributed by atoms with Gasteiger partial charge in [0.2, 0.25) is 5.91 Å². The van der Waals surface area contributed by atoms with Crippen molar-refractivity contribution in [3.8, 4) is 0 Å². The highest BCUT2D eigenvalue weighted by Crippen LogP contribution is 2.46. The molecule has 3 atom stereocenters. The van der Waals surface area contributed by atoms with Crippen LogP contribution in [0.25, 0.3) is 0 Å². The Bertz CT molecular complexity index is 747. The smallest absolute Gasteiger partial charge is 0.261 e. The SMILES string of the molecule is CN1C(=O)C2ON(c3ccccc3)C(c3ccccc3)C2C1=O. The lowest BCUT2D eigenvalue weighted by Gasteiger charge is -2.28. The van der Waals surface area contributed by atoms with Crippen molar-refractivity contribution < 1.29 is 14.4 Å². The second kappa shape index (κ2) is 5.21. The molecule has 2 aromatic carbocycles. The Morgan fingerprint density at radius 3 is 2.13 bits per heavy atom. The average molecular weight is 308 g/mol. The molecule has 116 valence electrons. The second-order valence-corrected chi connectivity index (χ2v) is 5.80. The Balaban J connectivity index is 1.82. The van der Waals surface area contributed by atoms with E-state index >= 15 is 0 Å². The number of imide groups is 1. The number of anilines is 1. The first-order valence-electron chi connectivity index (χ1n) is 7.56. The van der Waals surface area contributed by atoms with Gasteiger partial charge in [0.15, 0.2) is 6.10 Å². The van der Waals surface area contributed by atoms with Gasteiger partial charge in [-0.1, -0.05) is 48.5 Å². The Morgan fingerprint density at radius 2 is 1.48 bits per heavy atom. The molecular formula is C18H16N2O3. The number of rotatable bonds is 2. The fraction of sp³-hybridized carbons (Fsp3) is 0.222. The molecule has 4 rings (SSSR count). The summed E-state index contributed by atoms with van der Waals surface area (Å²) in [6.07, 6.45) is -0.752. The fourth-order valence-electron chi connectivity index (χ4n) is 3.34. The topological polar surface area (TPSA) is 49.9 Å². The third kappa shape index (κ3) is 2.04. The molecule has 0 saturated carbocycles. The molecule has 0 radical (unpaired) electrons. The number of benzene rings is 2. The Hall–Kier alpha value is -2.66. The van der Waals surface area contributed by atoms with Gasteiger partial charge in [0.1, 0.15) is 5.92 Å². The standard InChI is InChI=1S/C18H16N2O3/c1-19-17(21)14-15(12-8-4-2-5-9-12)20(23-16(14)18(19)22)13-10-6-3-7-11-13/h2-11,14-16H,1H3. The molecule has 0 N–H and O–H groups in total. The van der Waals surface area contributed by atoms with Crippen LogP contribution in [0.15, 0.2) is 60.7 Å². The molecule has 2 amide bonds. The van der Waals surface area contributed by atoms with E-state index in [0.29, 0.717) is 0 Å². The Labute approximate surface area is 134 Å². The van der Waals surface area contributed by atoms with Crippen LogP contribution in [0.2, 0.25) is 0 Å². The number of likely N-dealkylation sites (N-methyl/N-ethyl adjacent to an activating group) is 1. The number of hydroxylamine groups is 1. The van der Waals surface area contributed by atoms with Crippen molar-refractivity contribution in [2.45, 2.75) is 12.1 Å². The number of carbonyl (C=O) groups is 2. The van der Waals surface area contributed by atoms with Gasteiger partial charge in [-0.05, 0) is 17.7 Å². The van der Waals surface area contributed by atoms with Crippen LogP contribution in [0, 0.1) is 5.92 Å². The lowest BCUT2D eigenvalue weighted by atomic mass is 9.90. The maximum atomic E-state index is 12.6. The van der Waals surface area contributed by atoms with Crippen molar-refractivity contribution in [2.24, 2.45) is 5.92 Å². The fourth-order valence-corrected chi connectivity index (χ4v) is 3.34. The lowest BCUT2D eigenvalue weighted by Crippen LogP contribution is -2.34. The van der Waals surface area contributed by atoms with Crippen LogP contribution < -0.4 is 5.06 Å². The predicted molar refractivity (Wildman–Crippen MR) is 84.2 cm³/mol. The summed E-state index contributed by atoms with van der Waals surface area (Å²) >= 11 is 0. The number of likely N-dealkylation sites (tertiary alicyclic amines) is 1. The van der Waals surface area contributed by atoms with Crippen LogP contribution in [-0.4, -0.2) is 29.9 Å². The average Bonchev–Trinajstić information content (AvgIpc) is 3.09. The van der Waals surface area contributed by atoms with Crippen LogP contribution in [0.4, 0.5) is 5.69 Å². The van der Waals surface area contributed by atoms with Gasteiger partial charge < -0.3 is 0 Å². The number of hydrogen-bond acceptors (Lipinski definition) is 4. The van der Waals surface area contributed by atoms with Gasteiger partial charge >= 0.3 is 0 Å². The highest BCUT2D eigenvalue weighted by Gasteiger charge is 2.58. The summed E-state index contributed by atoms with van der Waals surface area (Å²) in [5, 5.41) is 1.70. The summed E-state index contributed by atoms with van der Waals surface area (Å²) in [6.45, 7) is 0. The number of para-hydroxylation sites is 1. The van der Waals surface area contributed by atoms with Crippen molar-refractivity contribution in [1.82, 2.24) is 4.90 Å². The molecule has 0 aliphatic carbocycles. The van der Waals surface area contributed by atoms with Crippen molar-refractivity contribution in [3.05, 3.63) is 66.2 Å². The van der Waals surface area contributed by atoms with Gasteiger partial charge in [-0.25, -0.2) is 5.06 Å². The molecule has 2 heterocycles. The normalized spacial score (nSPS) is 26.7. The quantitative estimate of drug-likeness (QED) is 0.798. The van der Waals surface area contributed by atoms with E-state index < -0.39 is 12.0 Å².